The lowest BCUT2D eigenvalue weighted by Gasteiger charge is -2.28. The molecule has 1 rings (SSSR count). The third kappa shape index (κ3) is 2.94. The van der Waals surface area contributed by atoms with Gasteiger partial charge in [0.25, 0.3) is 0 Å². The highest BCUT2D eigenvalue weighted by Crippen LogP contribution is 2.20. The van der Waals surface area contributed by atoms with E-state index in [0.717, 1.165) is 11.3 Å². The lowest BCUT2D eigenvalue weighted by atomic mass is 10.1. The predicted molar refractivity (Wildman–Crippen MR) is 62.1 cm³/mol. The van der Waals surface area contributed by atoms with Gasteiger partial charge in [-0.3, -0.25) is 0 Å². The number of nitrogens with zero attached hydrogens (tertiary/aromatic N) is 1. The van der Waals surface area contributed by atoms with Gasteiger partial charge >= 0.3 is 0 Å². The maximum absolute atomic E-state index is 9.22. The van der Waals surface area contributed by atoms with Crippen molar-refractivity contribution in [3.8, 4) is 0 Å². The van der Waals surface area contributed by atoms with Crippen LogP contribution in [0, 0.1) is 0 Å². The Morgan fingerprint density at radius 2 is 2.07 bits per heavy atom. The maximum Gasteiger partial charge on any atom is 0.0702 e. The summed E-state index contributed by atoms with van der Waals surface area (Å²) in [5.41, 5.74) is 2.01. The Morgan fingerprint density at radius 1 is 1.40 bits per heavy atom. The number of benzene rings is 1. The SMILES string of the molecule is COCC(C)N(C)c1ccccc1CO. The number of aliphatic hydroxyl groups is 1. The van der Waals surface area contributed by atoms with Crippen molar-refractivity contribution in [1.29, 1.82) is 0 Å². The zero-order valence-electron chi connectivity index (χ0n) is 9.60. The highest BCUT2D eigenvalue weighted by molar-refractivity contribution is 5.53. The molecule has 0 saturated carbocycles. The molecule has 0 radical (unpaired) electrons. The maximum atomic E-state index is 9.22. The summed E-state index contributed by atoms with van der Waals surface area (Å²) in [4.78, 5) is 2.12. The zero-order chi connectivity index (χ0) is 11.3. The van der Waals surface area contributed by atoms with Crippen molar-refractivity contribution in [2.75, 3.05) is 25.7 Å². The van der Waals surface area contributed by atoms with Gasteiger partial charge in [0, 0.05) is 31.5 Å². The van der Waals surface area contributed by atoms with Crippen LogP contribution in [0.3, 0.4) is 0 Å². The molecule has 0 bridgehead atoms. The smallest absolute Gasteiger partial charge is 0.0702 e. The van der Waals surface area contributed by atoms with Crippen LogP contribution in [0.2, 0.25) is 0 Å². The summed E-state index contributed by atoms with van der Waals surface area (Å²) in [5.74, 6) is 0. The van der Waals surface area contributed by atoms with E-state index in [1.54, 1.807) is 7.11 Å². The van der Waals surface area contributed by atoms with Gasteiger partial charge in [0.1, 0.15) is 0 Å². The van der Waals surface area contributed by atoms with Crippen LogP contribution >= 0.6 is 0 Å². The summed E-state index contributed by atoms with van der Waals surface area (Å²) >= 11 is 0. The molecule has 15 heavy (non-hydrogen) atoms. The monoisotopic (exact) mass is 209 g/mol. The fraction of sp³-hybridized carbons (Fsp3) is 0.500. The first kappa shape index (κ1) is 12.0. The van der Waals surface area contributed by atoms with Crippen LogP contribution in [-0.2, 0) is 11.3 Å². The Hall–Kier alpha value is -1.06. The molecule has 3 heteroatoms. The minimum atomic E-state index is 0.0697. The van der Waals surface area contributed by atoms with Gasteiger partial charge in [-0.05, 0) is 13.0 Å². The molecule has 1 atom stereocenters. The highest BCUT2D eigenvalue weighted by atomic mass is 16.5. The average molecular weight is 209 g/mol. The third-order valence-electron chi connectivity index (χ3n) is 2.61. The molecule has 0 saturated heterocycles. The van der Waals surface area contributed by atoms with Crippen LogP contribution in [0.5, 0.6) is 0 Å². The molecule has 3 nitrogen and oxygen atoms in total. The van der Waals surface area contributed by atoms with E-state index in [-0.39, 0.29) is 6.61 Å². The molecule has 84 valence electrons. The number of ether oxygens (including phenoxy) is 1. The number of para-hydroxylation sites is 1. The Bertz CT molecular complexity index is 301. The van der Waals surface area contributed by atoms with E-state index < -0.39 is 0 Å². The molecule has 0 amide bonds. The van der Waals surface area contributed by atoms with E-state index in [2.05, 4.69) is 11.8 Å². The summed E-state index contributed by atoms with van der Waals surface area (Å²) in [6, 6.07) is 8.15. The molecule has 0 fully saturated rings. The van der Waals surface area contributed by atoms with Crippen molar-refractivity contribution < 1.29 is 9.84 Å². The largest absolute Gasteiger partial charge is 0.392 e. The molecule has 1 aromatic rings. The van der Waals surface area contributed by atoms with E-state index in [4.69, 9.17) is 4.74 Å². The highest BCUT2D eigenvalue weighted by Gasteiger charge is 2.12. The van der Waals surface area contributed by atoms with E-state index >= 15 is 0 Å². The van der Waals surface area contributed by atoms with Gasteiger partial charge in [-0.2, -0.15) is 0 Å². The number of hydrogen-bond acceptors (Lipinski definition) is 3. The molecular weight excluding hydrogens is 190 g/mol. The van der Waals surface area contributed by atoms with Gasteiger partial charge in [0.2, 0.25) is 0 Å². The summed E-state index contributed by atoms with van der Waals surface area (Å²) in [6.45, 7) is 2.84. The molecule has 0 aliphatic heterocycles. The molecule has 1 aromatic carbocycles. The van der Waals surface area contributed by atoms with Crippen LogP contribution in [0.4, 0.5) is 5.69 Å². The van der Waals surface area contributed by atoms with Crippen molar-refractivity contribution in [2.45, 2.75) is 19.6 Å². The summed E-state index contributed by atoms with van der Waals surface area (Å²) in [6.07, 6.45) is 0. The van der Waals surface area contributed by atoms with Crippen molar-refractivity contribution >= 4 is 5.69 Å². The summed E-state index contributed by atoms with van der Waals surface area (Å²) < 4.78 is 5.12. The predicted octanol–water partition coefficient (Wildman–Crippen LogP) is 1.65. The first-order valence-electron chi connectivity index (χ1n) is 5.11. The van der Waals surface area contributed by atoms with Gasteiger partial charge in [-0.1, -0.05) is 18.2 Å². The van der Waals surface area contributed by atoms with Gasteiger partial charge < -0.3 is 14.7 Å². The third-order valence-corrected chi connectivity index (χ3v) is 2.61. The molecule has 0 aliphatic rings. The molecule has 1 N–H and O–H groups in total. The second-order valence-corrected chi connectivity index (χ2v) is 3.70. The second kappa shape index (κ2) is 5.73. The summed E-state index contributed by atoms with van der Waals surface area (Å²) in [5, 5.41) is 9.22. The van der Waals surface area contributed by atoms with Crippen LogP contribution in [0.25, 0.3) is 0 Å². The standard InChI is InChI=1S/C12H19NO2/c1-10(9-15-3)13(2)12-7-5-4-6-11(12)8-14/h4-7,10,14H,8-9H2,1-3H3. The van der Waals surface area contributed by atoms with Crippen molar-refractivity contribution in [2.24, 2.45) is 0 Å². The number of aliphatic hydroxyl groups excluding tert-OH is 1. The van der Waals surface area contributed by atoms with Crippen LogP contribution in [0.1, 0.15) is 12.5 Å². The van der Waals surface area contributed by atoms with Crippen LogP contribution in [0.15, 0.2) is 24.3 Å². The van der Waals surface area contributed by atoms with Gasteiger partial charge in [-0.15, -0.1) is 0 Å². The van der Waals surface area contributed by atoms with Gasteiger partial charge in [-0.25, -0.2) is 0 Å². The van der Waals surface area contributed by atoms with Crippen molar-refractivity contribution in [3.05, 3.63) is 29.8 Å². The van der Waals surface area contributed by atoms with Crippen molar-refractivity contribution in [1.82, 2.24) is 0 Å². The minimum absolute atomic E-state index is 0.0697. The quantitative estimate of drug-likeness (QED) is 0.800. The van der Waals surface area contributed by atoms with E-state index in [9.17, 15) is 5.11 Å². The molecular formula is C12H19NO2. The fourth-order valence-corrected chi connectivity index (χ4v) is 1.58. The van der Waals surface area contributed by atoms with E-state index in [0.29, 0.717) is 12.6 Å². The Labute approximate surface area is 91.3 Å². The normalized spacial score (nSPS) is 12.5. The molecule has 0 aliphatic carbocycles. The van der Waals surface area contributed by atoms with Gasteiger partial charge in [0.15, 0.2) is 0 Å². The summed E-state index contributed by atoms with van der Waals surface area (Å²) in [7, 11) is 3.71. The molecule has 0 spiro atoms. The van der Waals surface area contributed by atoms with E-state index in [1.165, 1.54) is 0 Å². The van der Waals surface area contributed by atoms with Gasteiger partial charge in [0.05, 0.1) is 13.2 Å². The van der Waals surface area contributed by atoms with Crippen LogP contribution in [-0.4, -0.2) is 31.9 Å². The minimum Gasteiger partial charge on any atom is -0.392 e. The topological polar surface area (TPSA) is 32.7 Å². The molecule has 0 heterocycles. The Morgan fingerprint density at radius 3 is 2.67 bits per heavy atom. The number of anilines is 1. The van der Waals surface area contributed by atoms with Crippen molar-refractivity contribution in [3.63, 3.8) is 0 Å². The fourth-order valence-electron chi connectivity index (χ4n) is 1.58. The average Bonchev–Trinajstić information content (AvgIpc) is 2.28. The first-order valence-corrected chi connectivity index (χ1v) is 5.11. The number of likely N-dealkylation sites (N-methyl/N-ethyl adjacent to an activating group) is 1. The number of hydrogen-bond donors (Lipinski definition) is 1. The number of methoxy groups -OCH3 is 1. The molecule has 0 aromatic heterocycles. The zero-order valence-corrected chi connectivity index (χ0v) is 9.60. The first-order chi connectivity index (χ1) is 7.20. The molecule has 1 unspecified atom stereocenters. The Balaban J connectivity index is 2.84. The second-order valence-electron chi connectivity index (χ2n) is 3.70. The van der Waals surface area contributed by atoms with E-state index in [1.807, 2.05) is 31.3 Å². The lowest BCUT2D eigenvalue weighted by molar-refractivity contribution is 0.183. The number of rotatable bonds is 5. The Kier molecular flexibility index (Phi) is 4.59. The van der Waals surface area contributed by atoms with Crippen LogP contribution < -0.4 is 4.90 Å². The lowest BCUT2D eigenvalue weighted by Crippen LogP contribution is -2.33.